The van der Waals surface area contributed by atoms with Gasteiger partial charge >= 0.3 is 0 Å². The molecular formula is C7H9N3O2. The van der Waals surface area contributed by atoms with Gasteiger partial charge in [0.15, 0.2) is 0 Å². The molecule has 0 rings (SSSR count). The molecule has 12 heavy (non-hydrogen) atoms. The normalized spacial score (nSPS) is 11.6. The molecule has 0 fully saturated rings. The van der Waals surface area contributed by atoms with Crippen LogP contribution in [-0.2, 0) is 0 Å². The van der Waals surface area contributed by atoms with E-state index < -0.39 is 4.92 Å². The summed E-state index contributed by atoms with van der Waals surface area (Å²) in [6, 6.07) is 0. The number of rotatable bonds is 4. The Hall–Kier alpha value is -1.78. The van der Waals surface area contributed by atoms with Crippen LogP contribution in [0.4, 0.5) is 0 Å². The van der Waals surface area contributed by atoms with Crippen LogP contribution in [0.2, 0.25) is 0 Å². The van der Waals surface area contributed by atoms with Gasteiger partial charge in [-0.1, -0.05) is 6.58 Å². The van der Waals surface area contributed by atoms with Crippen molar-refractivity contribution in [1.29, 1.82) is 0 Å². The van der Waals surface area contributed by atoms with Crippen LogP contribution in [0.5, 0.6) is 0 Å². The monoisotopic (exact) mass is 167 g/mol. The first kappa shape index (κ1) is 10.2. The maximum Gasteiger partial charge on any atom is 0.260 e. The van der Waals surface area contributed by atoms with Crippen LogP contribution in [0.25, 0.3) is 0 Å². The highest BCUT2D eigenvalue weighted by Gasteiger charge is 1.99. The number of hydrogen-bond acceptors (Lipinski definition) is 3. The highest BCUT2D eigenvalue weighted by atomic mass is 16.6. The van der Waals surface area contributed by atoms with Gasteiger partial charge in [0.25, 0.3) is 6.20 Å². The van der Waals surface area contributed by atoms with Gasteiger partial charge in [-0.05, 0) is 19.2 Å². The molecule has 0 N–H and O–H groups in total. The van der Waals surface area contributed by atoms with Crippen molar-refractivity contribution >= 4 is 13.1 Å². The zero-order valence-electron chi connectivity index (χ0n) is 6.73. The van der Waals surface area contributed by atoms with E-state index in [9.17, 15) is 10.1 Å². The van der Waals surface area contributed by atoms with Gasteiger partial charge in [0.05, 0.1) is 4.92 Å². The molecule has 0 amide bonds. The van der Waals surface area contributed by atoms with Crippen molar-refractivity contribution in [2.24, 2.45) is 9.98 Å². The van der Waals surface area contributed by atoms with E-state index in [1.165, 1.54) is 0 Å². The topological polar surface area (TPSA) is 67.9 Å². The number of aliphatic imine (C=N–C) groups is 2. The van der Waals surface area contributed by atoms with Crippen LogP contribution in [0.3, 0.4) is 0 Å². The number of hydrogen-bond donors (Lipinski definition) is 0. The summed E-state index contributed by atoms with van der Waals surface area (Å²) in [6.45, 7) is 8.28. The van der Waals surface area contributed by atoms with Gasteiger partial charge in [0.1, 0.15) is 12.0 Å². The first-order valence-electron chi connectivity index (χ1n) is 3.07. The van der Waals surface area contributed by atoms with Crippen molar-refractivity contribution in [3.8, 4) is 0 Å². The molecule has 0 aliphatic carbocycles. The highest BCUT2D eigenvalue weighted by molar-refractivity contribution is 5.64. The van der Waals surface area contributed by atoms with E-state index in [4.69, 9.17) is 0 Å². The predicted octanol–water partition coefficient (Wildman–Crippen LogP) is 1.41. The van der Waals surface area contributed by atoms with Crippen molar-refractivity contribution in [2.75, 3.05) is 0 Å². The van der Waals surface area contributed by atoms with Gasteiger partial charge < -0.3 is 0 Å². The van der Waals surface area contributed by atoms with Crippen LogP contribution in [-0.4, -0.2) is 18.0 Å². The lowest BCUT2D eigenvalue weighted by molar-refractivity contribution is -0.403. The minimum absolute atomic E-state index is 0.187. The van der Waals surface area contributed by atoms with Crippen LogP contribution in [0.15, 0.2) is 34.0 Å². The van der Waals surface area contributed by atoms with E-state index in [2.05, 4.69) is 23.3 Å². The Bertz CT molecular complexity index is 266. The molecule has 0 saturated carbocycles. The van der Waals surface area contributed by atoms with E-state index >= 15 is 0 Å². The summed E-state index contributed by atoms with van der Waals surface area (Å²) in [6.07, 6.45) is 1.90. The summed E-state index contributed by atoms with van der Waals surface area (Å²) in [4.78, 5) is 16.4. The quantitative estimate of drug-likeness (QED) is 0.209. The first-order valence-corrected chi connectivity index (χ1v) is 3.07. The number of nitrogens with zero attached hydrogens (tertiary/aromatic N) is 3. The summed E-state index contributed by atoms with van der Waals surface area (Å²) in [7, 11) is 0. The molecule has 0 heterocycles. The molecule has 0 bridgehead atoms. The third-order valence-electron chi connectivity index (χ3n) is 0.943. The van der Waals surface area contributed by atoms with Crippen molar-refractivity contribution in [3.63, 3.8) is 0 Å². The average Bonchev–Trinajstić information content (AvgIpc) is 1.96. The molecule has 0 aromatic rings. The van der Waals surface area contributed by atoms with Crippen molar-refractivity contribution in [2.45, 2.75) is 6.92 Å². The Morgan fingerprint density at radius 3 is 2.58 bits per heavy atom. The fraction of sp³-hybridized carbons (Fsp3) is 0.143. The standard InChI is InChI=1S/C7H9N3O2/c1-6(2)7(4-10(11)12)9-5-8-3/h4-5H,1,3H2,2H3/b7-4-,9-5?. The fourth-order valence-electron chi connectivity index (χ4n) is 0.457. The predicted molar refractivity (Wildman–Crippen MR) is 47.9 cm³/mol. The maximum absolute atomic E-state index is 10.0. The molecule has 0 aromatic heterocycles. The van der Waals surface area contributed by atoms with Gasteiger partial charge in [-0.3, -0.25) is 15.1 Å². The average molecular weight is 167 g/mol. The van der Waals surface area contributed by atoms with Gasteiger partial charge in [-0.2, -0.15) is 0 Å². The smallest absolute Gasteiger partial charge is 0.259 e. The molecule has 0 unspecified atom stereocenters. The lowest BCUT2D eigenvalue weighted by atomic mass is 10.3. The van der Waals surface area contributed by atoms with Crippen molar-refractivity contribution in [1.82, 2.24) is 0 Å². The largest absolute Gasteiger partial charge is 0.260 e. The van der Waals surface area contributed by atoms with E-state index in [0.29, 0.717) is 5.57 Å². The summed E-state index contributed by atoms with van der Waals surface area (Å²) in [5, 5.41) is 10.0. The van der Waals surface area contributed by atoms with Gasteiger partial charge in [-0.25, -0.2) is 4.99 Å². The summed E-state index contributed by atoms with van der Waals surface area (Å²) in [5.74, 6) is 0. The zero-order valence-corrected chi connectivity index (χ0v) is 6.73. The summed E-state index contributed by atoms with van der Waals surface area (Å²) < 4.78 is 0. The molecule has 0 saturated heterocycles. The molecule has 0 atom stereocenters. The van der Waals surface area contributed by atoms with Crippen LogP contribution >= 0.6 is 0 Å². The van der Waals surface area contributed by atoms with Crippen molar-refractivity contribution in [3.05, 3.63) is 34.2 Å². The highest BCUT2D eigenvalue weighted by Crippen LogP contribution is 2.07. The second-order valence-corrected chi connectivity index (χ2v) is 2.01. The molecule has 0 aromatic carbocycles. The molecule has 5 heteroatoms. The van der Waals surface area contributed by atoms with E-state index in [1.54, 1.807) is 6.92 Å². The molecule has 64 valence electrons. The van der Waals surface area contributed by atoms with Gasteiger partial charge in [-0.15, -0.1) is 0 Å². The second-order valence-electron chi connectivity index (χ2n) is 2.01. The second kappa shape index (κ2) is 4.95. The van der Waals surface area contributed by atoms with Crippen molar-refractivity contribution < 1.29 is 4.92 Å². The SMILES string of the molecule is C=NC=N/C(=C\[N+](=O)[O-])C(=C)C. The molecule has 0 spiro atoms. The van der Waals surface area contributed by atoms with Gasteiger partial charge in [0.2, 0.25) is 0 Å². The third-order valence-corrected chi connectivity index (χ3v) is 0.943. The minimum Gasteiger partial charge on any atom is -0.259 e. The molecule has 5 nitrogen and oxygen atoms in total. The lowest BCUT2D eigenvalue weighted by Gasteiger charge is -1.93. The zero-order chi connectivity index (χ0) is 9.56. The molecule has 0 radical (unpaired) electrons. The fourth-order valence-corrected chi connectivity index (χ4v) is 0.457. The summed E-state index contributed by atoms with van der Waals surface area (Å²) in [5.41, 5.74) is 0.694. The van der Waals surface area contributed by atoms with Gasteiger partial charge in [0, 0.05) is 0 Å². The molecule has 0 aliphatic rings. The third kappa shape index (κ3) is 4.10. The Kier molecular flexibility index (Phi) is 4.21. The Morgan fingerprint density at radius 2 is 2.25 bits per heavy atom. The molecule has 0 aliphatic heterocycles. The lowest BCUT2D eigenvalue weighted by Crippen LogP contribution is -1.89. The first-order chi connectivity index (χ1) is 5.57. The Morgan fingerprint density at radius 1 is 1.67 bits per heavy atom. The van der Waals surface area contributed by atoms with Crippen LogP contribution < -0.4 is 0 Å². The Labute approximate surface area is 70.0 Å². The van der Waals surface area contributed by atoms with E-state index in [-0.39, 0.29) is 5.70 Å². The molecular weight excluding hydrogens is 158 g/mol. The van der Waals surface area contributed by atoms with E-state index in [1.807, 2.05) is 0 Å². The van der Waals surface area contributed by atoms with Crippen LogP contribution in [0.1, 0.15) is 6.92 Å². The van der Waals surface area contributed by atoms with E-state index in [0.717, 1.165) is 12.5 Å². The minimum atomic E-state index is -0.593. The Balaban J connectivity index is 4.66. The number of allylic oxidation sites excluding steroid dienone is 1. The summed E-state index contributed by atoms with van der Waals surface area (Å²) >= 11 is 0. The van der Waals surface area contributed by atoms with Crippen LogP contribution in [0, 0.1) is 10.1 Å². The maximum atomic E-state index is 10.0. The number of nitro groups is 1.